The molecule has 1 aromatic carbocycles. The molecule has 0 radical (unpaired) electrons. The van der Waals surface area contributed by atoms with Crippen LogP contribution in [0.5, 0.6) is 0 Å². The maximum Gasteiger partial charge on any atom is 0.155 e. The normalized spacial score (nSPS) is 15.8. The molecule has 0 bridgehead atoms. The lowest BCUT2D eigenvalue weighted by Gasteiger charge is -2.39. The van der Waals surface area contributed by atoms with E-state index in [1.165, 1.54) is 17.7 Å². The molecule has 3 aromatic heterocycles. The topological polar surface area (TPSA) is 73.8 Å². The number of aryl methyl sites for hydroxylation is 2. The smallest absolute Gasteiger partial charge is 0.155 e. The first-order valence-electron chi connectivity index (χ1n) is 10.6. The molecule has 164 valence electrons. The highest BCUT2D eigenvalue weighted by Crippen LogP contribution is 2.35. The summed E-state index contributed by atoms with van der Waals surface area (Å²) in [6, 6.07) is 6.50. The third kappa shape index (κ3) is 3.89. The van der Waals surface area contributed by atoms with E-state index >= 15 is 0 Å². The molecular weight excluding hydrogens is 425 g/mol. The van der Waals surface area contributed by atoms with Crippen LogP contribution in [0.4, 0.5) is 10.2 Å². The Kier molecular flexibility index (Phi) is 5.67. The zero-order valence-corrected chi connectivity index (χ0v) is 18.8. The minimum absolute atomic E-state index is 0.0781. The molecule has 5 rings (SSSR count). The number of benzene rings is 1. The van der Waals surface area contributed by atoms with Gasteiger partial charge in [-0.25, -0.2) is 14.4 Å². The second kappa shape index (κ2) is 8.76. The zero-order chi connectivity index (χ0) is 22.1. The van der Waals surface area contributed by atoms with Gasteiger partial charge in [0.15, 0.2) is 5.82 Å². The van der Waals surface area contributed by atoms with Gasteiger partial charge in [0.1, 0.15) is 16.5 Å². The lowest BCUT2D eigenvalue weighted by atomic mass is 10.0. The van der Waals surface area contributed by atoms with Crippen molar-refractivity contribution in [3.63, 3.8) is 0 Å². The van der Waals surface area contributed by atoms with Crippen LogP contribution in [0.3, 0.4) is 0 Å². The summed E-state index contributed by atoms with van der Waals surface area (Å²) >= 11 is 1.68. The number of rotatable bonds is 5. The minimum atomic E-state index is -0.258. The molecule has 0 saturated carbocycles. The van der Waals surface area contributed by atoms with E-state index in [9.17, 15) is 4.39 Å². The van der Waals surface area contributed by atoms with E-state index < -0.39 is 0 Å². The number of H-pyrrole nitrogens is 1. The van der Waals surface area contributed by atoms with Gasteiger partial charge in [-0.05, 0) is 38.1 Å². The van der Waals surface area contributed by atoms with Gasteiger partial charge in [-0.2, -0.15) is 5.10 Å². The van der Waals surface area contributed by atoms with Gasteiger partial charge >= 0.3 is 0 Å². The van der Waals surface area contributed by atoms with Gasteiger partial charge in [-0.15, -0.1) is 11.3 Å². The Bertz CT molecular complexity index is 1160. The summed E-state index contributed by atoms with van der Waals surface area (Å²) < 4.78 is 13.4. The summed E-state index contributed by atoms with van der Waals surface area (Å²) in [7, 11) is 0. The van der Waals surface area contributed by atoms with Crippen LogP contribution in [-0.2, 0) is 0 Å². The van der Waals surface area contributed by atoms with Crippen LogP contribution < -0.4 is 4.90 Å². The third-order valence-electron chi connectivity index (χ3n) is 5.92. The molecule has 4 heterocycles. The Morgan fingerprint density at radius 1 is 0.969 bits per heavy atom. The lowest BCUT2D eigenvalue weighted by Crippen LogP contribution is -2.48. The molecule has 1 aliphatic heterocycles. The number of aromatic nitrogens is 5. The van der Waals surface area contributed by atoms with E-state index in [4.69, 9.17) is 0 Å². The number of piperazine rings is 1. The fraction of sp³-hybridized carbons (Fsp3) is 0.304. The molecule has 1 saturated heterocycles. The summed E-state index contributed by atoms with van der Waals surface area (Å²) in [5.74, 6) is 0.575. The highest BCUT2D eigenvalue weighted by atomic mass is 32.1. The first-order valence-corrected chi connectivity index (χ1v) is 11.5. The van der Waals surface area contributed by atoms with Crippen LogP contribution >= 0.6 is 11.3 Å². The molecule has 32 heavy (non-hydrogen) atoms. The lowest BCUT2D eigenvalue weighted by molar-refractivity contribution is 0.210. The Hall–Kier alpha value is -3.17. The van der Waals surface area contributed by atoms with E-state index in [0.29, 0.717) is 0 Å². The summed E-state index contributed by atoms with van der Waals surface area (Å²) in [5, 5.41) is 10.7. The molecule has 1 atom stereocenters. The number of thiazole rings is 1. The number of hydrogen-bond donors (Lipinski definition) is 1. The predicted octanol–water partition coefficient (Wildman–Crippen LogP) is 3.99. The fourth-order valence-electron chi connectivity index (χ4n) is 4.36. The van der Waals surface area contributed by atoms with Crippen LogP contribution in [0.15, 0.2) is 48.2 Å². The van der Waals surface area contributed by atoms with E-state index in [-0.39, 0.29) is 11.9 Å². The summed E-state index contributed by atoms with van der Waals surface area (Å²) in [4.78, 5) is 18.5. The van der Waals surface area contributed by atoms with Gasteiger partial charge in [-0.3, -0.25) is 15.0 Å². The van der Waals surface area contributed by atoms with Crippen molar-refractivity contribution in [2.24, 2.45) is 0 Å². The van der Waals surface area contributed by atoms with Gasteiger partial charge in [0, 0.05) is 67.0 Å². The van der Waals surface area contributed by atoms with Crippen molar-refractivity contribution in [2.75, 3.05) is 31.1 Å². The first kappa shape index (κ1) is 20.7. The van der Waals surface area contributed by atoms with Crippen LogP contribution in [0.25, 0.3) is 11.3 Å². The maximum absolute atomic E-state index is 13.4. The standard InChI is InChI=1S/C23H24FN7S/c1-15-19(16(2)29-28-15)21(23-27-9-14-32-23)30-10-12-31(13-11-30)22-20(25-7-8-26-22)17-3-5-18(24)6-4-17/h3-9,14,21H,10-13H2,1-2H3,(H,28,29). The molecule has 0 spiro atoms. The van der Waals surface area contributed by atoms with E-state index in [2.05, 4.69) is 41.9 Å². The monoisotopic (exact) mass is 449 g/mol. The number of aromatic amines is 1. The van der Waals surface area contributed by atoms with Crippen molar-refractivity contribution in [1.82, 2.24) is 30.0 Å². The summed E-state index contributed by atoms with van der Waals surface area (Å²) in [6.45, 7) is 7.45. The predicted molar refractivity (Wildman–Crippen MR) is 123 cm³/mol. The van der Waals surface area contributed by atoms with Gasteiger partial charge in [0.25, 0.3) is 0 Å². The van der Waals surface area contributed by atoms with Gasteiger partial charge in [0.2, 0.25) is 0 Å². The number of halogens is 1. The second-order valence-corrected chi connectivity index (χ2v) is 8.81. The summed E-state index contributed by atoms with van der Waals surface area (Å²) in [5.41, 5.74) is 4.94. The van der Waals surface area contributed by atoms with E-state index in [0.717, 1.165) is 59.6 Å². The molecule has 1 N–H and O–H groups in total. The van der Waals surface area contributed by atoms with Crippen molar-refractivity contribution < 1.29 is 4.39 Å². The molecule has 7 nitrogen and oxygen atoms in total. The average molecular weight is 450 g/mol. The largest absolute Gasteiger partial charge is 0.352 e. The third-order valence-corrected chi connectivity index (χ3v) is 6.75. The Labute approximate surface area is 190 Å². The highest BCUT2D eigenvalue weighted by molar-refractivity contribution is 7.09. The molecular formula is C23H24FN7S. The maximum atomic E-state index is 13.4. The number of nitrogens with zero attached hydrogens (tertiary/aromatic N) is 6. The van der Waals surface area contributed by atoms with Gasteiger partial charge < -0.3 is 4.90 Å². The van der Waals surface area contributed by atoms with Crippen molar-refractivity contribution >= 4 is 17.2 Å². The molecule has 4 aromatic rings. The molecule has 0 aliphatic carbocycles. The number of hydrogen-bond acceptors (Lipinski definition) is 7. The van der Waals surface area contributed by atoms with Gasteiger partial charge in [-0.1, -0.05) is 0 Å². The van der Waals surface area contributed by atoms with Crippen molar-refractivity contribution in [2.45, 2.75) is 19.9 Å². The second-order valence-electron chi connectivity index (χ2n) is 7.88. The Morgan fingerprint density at radius 3 is 2.38 bits per heavy atom. The van der Waals surface area contributed by atoms with E-state index in [1.54, 1.807) is 35.9 Å². The van der Waals surface area contributed by atoms with E-state index in [1.807, 2.05) is 18.5 Å². The molecule has 9 heteroatoms. The first-order chi connectivity index (χ1) is 15.6. The van der Waals surface area contributed by atoms with Crippen LogP contribution in [0.2, 0.25) is 0 Å². The van der Waals surface area contributed by atoms with Crippen LogP contribution in [-0.4, -0.2) is 56.2 Å². The molecule has 0 amide bonds. The quantitative estimate of drug-likeness (QED) is 0.497. The molecule has 1 fully saturated rings. The van der Waals surface area contributed by atoms with Crippen LogP contribution in [0, 0.1) is 19.7 Å². The molecule has 1 unspecified atom stereocenters. The minimum Gasteiger partial charge on any atom is -0.352 e. The SMILES string of the molecule is Cc1n[nH]c(C)c1C(c1nccs1)N1CCN(c2nccnc2-c2ccc(F)cc2)CC1. The number of nitrogens with one attached hydrogen (secondary N) is 1. The zero-order valence-electron chi connectivity index (χ0n) is 18.0. The van der Waals surface area contributed by atoms with Gasteiger partial charge in [0.05, 0.1) is 11.7 Å². The Balaban J connectivity index is 1.40. The summed E-state index contributed by atoms with van der Waals surface area (Å²) in [6.07, 6.45) is 5.26. The average Bonchev–Trinajstić information content (AvgIpc) is 3.47. The Morgan fingerprint density at radius 2 is 1.72 bits per heavy atom. The van der Waals surface area contributed by atoms with Crippen LogP contribution in [0.1, 0.15) is 28.0 Å². The fourth-order valence-corrected chi connectivity index (χ4v) is 5.14. The van der Waals surface area contributed by atoms with Crippen molar-refractivity contribution in [3.8, 4) is 11.3 Å². The number of anilines is 1. The van der Waals surface area contributed by atoms with Crippen molar-refractivity contribution in [3.05, 3.63) is 76.0 Å². The molecule has 1 aliphatic rings. The van der Waals surface area contributed by atoms with Crippen molar-refractivity contribution in [1.29, 1.82) is 0 Å². The highest BCUT2D eigenvalue weighted by Gasteiger charge is 2.32.